The largest absolute Gasteiger partial charge is 0.508 e. The van der Waals surface area contributed by atoms with Gasteiger partial charge >= 0.3 is 0 Å². The van der Waals surface area contributed by atoms with Crippen molar-refractivity contribution in [2.45, 2.75) is 25.0 Å². The SMILES string of the molecule is CC(CCNC(=O)Cc1ccc(O)cc1Cl)S(C)=O. The average Bonchev–Trinajstić information content (AvgIpc) is 2.32. The van der Waals surface area contributed by atoms with Crippen LogP contribution in [0.1, 0.15) is 18.9 Å². The maximum atomic E-state index is 11.7. The summed E-state index contributed by atoms with van der Waals surface area (Å²) in [5.74, 6) is -0.0601. The summed E-state index contributed by atoms with van der Waals surface area (Å²) in [5, 5.41) is 12.4. The third-order valence-electron chi connectivity index (χ3n) is 2.83. The number of phenolic OH excluding ortho intramolecular Hbond substituents is 1. The van der Waals surface area contributed by atoms with E-state index < -0.39 is 10.8 Å². The van der Waals surface area contributed by atoms with E-state index in [4.69, 9.17) is 11.6 Å². The van der Waals surface area contributed by atoms with Crippen molar-refractivity contribution in [3.05, 3.63) is 28.8 Å². The van der Waals surface area contributed by atoms with Crippen LogP contribution in [0.2, 0.25) is 5.02 Å². The lowest BCUT2D eigenvalue weighted by atomic mass is 10.1. The zero-order valence-corrected chi connectivity index (χ0v) is 12.6. The van der Waals surface area contributed by atoms with Crippen LogP contribution in [-0.2, 0) is 22.0 Å². The molecule has 0 fully saturated rings. The molecule has 1 amide bonds. The molecule has 0 spiro atoms. The van der Waals surface area contributed by atoms with Crippen molar-refractivity contribution in [1.29, 1.82) is 0 Å². The number of hydrogen-bond acceptors (Lipinski definition) is 3. The average molecular weight is 304 g/mol. The number of rotatable bonds is 6. The van der Waals surface area contributed by atoms with E-state index in [1.54, 1.807) is 12.3 Å². The van der Waals surface area contributed by atoms with Gasteiger partial charge in [0.1, 0.15) is 5.75 Å². The number of aromatic hydroxyl groups is 1. The highest BCUT2D eigenvalue weighted by Gasteiger charge is 2.09. The first-order valence-corrected chi connectivity index (χ1v) is 7.96. The highest BCUT2D eigenvalue weighted by molar-refractivity contribution is 7.84. The first-order chi connectivity index (χ1) is 8.90. The van der Waals surface area contributed by atoms with Crippen LogP contribution in [0.3, 0.4) is 0 Å². The van der Waals surface area contributed by atoms with E-state index in [1.807, 2.05) is 6.92 Å². The van der Waals surface area contributed by atoms with Crippen molar-refractivity contribution >= 4 is 28.3 Å². The zero-order valence-electron chi connectivity index (χ0n) is 11.0. The van der Waals surface area contributed by atoms with Crippen LogP contribution in [0.15, 0.2) is 18.2 Å². The van der Waals surface area contributed by atoms with E-state index in [0.29, 0.717) is 23.6 Å². The van der Waals surface area contributed by atoms with Gasteiger partial charge in [0.05, 0.1) is 6.42 Å². The molecule has 2 unspecified atom stereocenters. The molecule has 0 heterocycles. The summed E-state index contributed by atoms with van der Waals surface area (Å²) in [7, 11) is -0.869. The Morgan fingerprint density at radius 3 is 2.79 bits per heavy atom. The quantitative estimate of drug-likeness (QED) is 0.843. The summed E-state index contributed by atoms with van der Waals surface area (Å²) in [4.78, 5) is 11.7. The van der Waals surface area contributed by atoms with Crippen LogP contribution in [0.4, 0.5) is 0 Å². The van der Waals surface area contributed by atoms with Crippen LogP contribution >= 0.6 is 11.6 Å². The molecule has 2 atom stereocenters. The second kappa shape index (κ2) is 7.50. The Balaban J connectivity index is 2.41. The molecule has 0 radical (unpaired) electrons. The Morgan fingerprint density at radius 1 is 1.53 bits per heavy atom. The molecule has 4 nitrogen and oxygen atoms in total. The number of phenols is 1. The van der Waals surface area contributed by atoms with E-state index in [-0.39, 0.29) is 23.3 Å². The number of nitrogens with one attached hydrogen (secondary N) is 1. The van der Waals surface area contributed by atoms with Crippen molar-refractivity contribution < 1.29 is 14.1 Å². The molecule has 0 saturated heterocycles. The van der Waals surface area contributed by atoms with Gasteiger partial charge in [-0.2, -0.15) is 0 Å². The van der Waals surface area contributed by atoms with Gasteiger partial charge in [-0.05, 0) is 24.1 Å². The van der Waals surface area contributed by atoms with E-state index in [2.05, 4.69) is 5.32 Å². The lowest BCUT2D eigenvalue weighted by Gasteiger charge is -2.10. The van der Waals surface area contributed by atoms with Gasteiger partial charge in [0.15, 0.2) is 0 Å². The van der Waals surface area contributed by atoms with Gasteiger partial charge in [0.2, 0.25) is 5.91 Å². The molecule has 0 aliphatic carbocycles. The highest BCUT2D eigenvalue weighted by Crippen LogP contribution is 2.21. The minimum absolute atomic E-state index is 0.0672. The van der Waals surface area contributed by atoms with E-state index in [9.17, 15) is 14.1 Å². The highest BCUT2D eigenvalue weighted by atomic mass is 35.5. The van der Waals surface area contributed by atoms with Gasteiger partial charge in [-0.15, -0.1) is 0 Å². The van der Waals surface area contributed by atoms with Crippen molar-refractivity contribution in [3.8, 4) is 5.75 Å². The Bertz CT molecular complexity index is 479. The second-order valence-corrected chi connectivity index (χ2v) is 6.61. The van der Waals surface area contributed by atoms with E-state index in [1.165, 1.54) is 12.1 Å². The molecule has 0 aliphatic heterocycles. The summed E-state index contributed by atoms with van der Waals surface area (Å²) in [5.41, 5.74) is 0.670. The van der Waals surface area contributed by atoms with Gasteiger partial charge < -0.3 is 10.4 Å². The number of hydrogen-bond donors (Lipinski definition) is 2. The third kappa shape index (κ3) is 5.61. The molecule has 1 aromatic carbocycles. The van der Waals surface area contributed by atoms with Crippen LogP contribution in [0, 0.1) is 0 Å². The van der Waals surface area contributed by atoms with Gasteiger partial charge in [0.25, 0.3) is 0 Å². The lowest BCUT2D eigenvalue weighted by Crippen LogP contribution is -2.28. The molecule has 2 N–H and O–H groups in total. The predicted molar refractivity (Wildman–Crippen MR) is 78.0 cm³/mol. The monoisotopic (exact) mass is 303 g/mol. The van der Waals surface area contributed by atoms with Gasteiger partial charge in [0, 0.05) is 33.9 Å². The Kier molecular flexibility index (Phi) is 6.31. The van der Waals surface area contributed by atoms with Gasteiger partial charge in [-0.25, -0.2) is 0 Å². The van der Waals surface area contributed by atoms with Crippen molar-refractivity contribution in [1.82, 2.24) is 5.32 Å². The van der Waals surface area contributed by atoms with Gasteiger partial charge in [-0.1, -0.05) is 24.6 Å². The van der Waals surface area contributed by atoms with Crippen molar-refractivity contribution in [2.75, 3.05) is 12.8 Å². The molecule has 106 valence electrons. The summed E-state index contributed by atoms with van der Waals surface area (Å²) in [6.07, 6.45) is 2.50. The molecule has 0 aliphatic rings. The van der Waals surface area contributed by atoms with Crippen molar-refractivity contribution in [2.24, 2.45) is 0 Å². The van der Waals surface area contributed by atoms with Gasteiger partial charge in [-0.3, -0.25) is 9.00 Å². The predicted octanol–water partition coefficient (Wildman–Crippen LogP) is 1.86. The van der Waals surface area contributed by atoms with E-state index in [0.717, 1.165) is 0 Å². The second-order valence-electron chi connectivity index (χ2n) is 4.40. The molecule has 6 heteroatoms. The van der Waals surface area contributed by atoms with Crippen LogP contribution < -0.4 is 5.32 Å². The fourth-order valence-corrected chi connectivity index (χ4v) is 2.19. The fourth-order valence-electron chi connectivity index (χ4n) is 1.50. The molecule has 0 aromatic heterocycles. The lowest BCUT2D eigenvalue weighted by molar-refractivity contribution is -0.120. The molecule has 0 saturated carbocycles. The summed E-state index contributed by atoms with van der Waals surface area (Å²) in [6.45, 7) is 2.38. The standard InChI is InChI=1S/C13H18ClNO3S/c1-9(19(2)18)5-6-15-13(17)7-10-3-4-11(16)8-12(10)14/h3-4,8-9,16H,5-7H2,1-2H3,(H,15,17). The normalized spacial score (nSPS) is 13.8. The summed E-state index contributed by atoms with van der Waals surface area (Å²) < 4.78 is 11.1. The summed E-state index contributed by atoms with van der Waals surface area (Å²) >= 11 is 5.92. The summed E-state index contributed by atoms with van der Waals surface area (Å²) in [6, 6.07) is 4.53. The number of carbonyl (C=O) groups is 1. The van der Waals surface area contributed by atoms with Crippen LogP contribution in [-0.4, -0.2) is 33.3 Å². The maximum absolute atomic E-state index is 11.7. The fraction of sp³-hybridized carbons (Fsp3) is 0.462. The number of halogens is 1. The number of benzene rings is 1. The first-order valence-electron chi connectivity index (χ1n) is 5.96. The molecule has 19 heavy (non-hydrogen) atoms. The molecule has 1 aromatic rings. The smallest absolute Gasteiger partial charge is 0.224 e. The van der Waals surface area contributed by atoms with Crippen LogP contribution in [0.25, 0.3) is 0 Å². The van der Waals surface area contributed by atoms with Crippen LogP contribution in [0.5, 0.6) is 5.75 Å². The topological polar surface area (TPSA) is 66.4 Å². The molecular weight excluding hydrogens is 286 g/mol. The Labute approximate surface area is 120 Å². The third-order valence-corrected chi connectivity index (χ3v) is 4.55. The Hall–Kier alpha value is -1.07. The Morgan fingerprint density at radius 2 is 2.21 bits per heavy atom. The number of carbonyl (C=O) groups excluding carboxylic acids is 1. The maximum Gasteiger partial charge on any atom is 0.224 e. The zero-order chi connectivity index (χ0) is 14.4. The minimum Gasteiger partial charge on any atom is -0.508 e. The molecule has 0 bridgehead atoms. The number of amides is 1. The van der Waals surface area contributed by atoms with Crippen molar-refractivity contribution in [3.63, 3.8) is 0 Å². The first kappa shape index (κ1) is 16.0. The molecule has 1 rings (SSSR count). The molecular formula is C13H18ClNO3S. The van der Waals surface area contributed by atoms with E-state index >= 15 is 0 Å². The minimum atomic E-state index is -0.869.